The first-order valence-electron chi connectivity index (χ1n) is 4.49. The summed E-state index contributed by atoms with van der Waals surface area (Å²) in [5.74, 6) is -0.261. The Kier molecular flexibility index (Phi) is 4.26. The van der Waals surface area contributed by atoms with E-state index in [1.807, 2.05) is 14.1 Å². The second-order valence-corrected chi connectivity index (χ2v) is 4.18. The van der Waals surface area contributed by atoms with Crippen molar-refractivity contribution in [1.29, 1.82) is 0 Å². The zero-order valence-corrected chi connectivity index (χ0v) is 10.7. The van der Waals surface area contributed by atoms with Gasteiger partial charge in [0, 0.05) is 25.9 Å². The summed E-state index contributed by atoms with van der Waals surface area (Å²) < 4.78 is 0. The molecule has 4 nitrogen and oxygen atoms in total. The maximum atomic E-state index is 11.9. The van der Waals surface area contributed by atoms with E-state index in [2.05, 4.69) is 9.97 Å². The van der Waals surface area contributed by atoms with E-state index in [0.717, 1.165) is 0 Å². The average molecular weight is 260 g/mol. The molecular weight excluding hydrogens is 249 g/mol. The quantitative estimate of drug-likeness (QED) is 0.618. The van der Waals surface area contributed by atoms with Gasteiger partial charge in [0.25, 0.3) is 0 Å². The molecule has 1 aromatic rings. The maximum absolute atomic E-state index is 11.9. The van der Waals surface area contributed by atoms with Gasteiger partial charge in [-0.15, -0.1) is 0 Å². The summed E-state index contributed by atoms with van der Waals surface area (Å²) in [6, 6.07) is 0. The SMILES string of the molecule is CC(=CN(C)C)C(=O)c1ncc(Cl)nc1Cl. The molecule has 1 aromatic heterocycles. The number of rotatable bonds is 3. The molecule has 0 aromatic carbocycles. The van der Waals surface area contributed by atoms with E-state index in [9.17, 15) is 4.79 Å². The lowest BCUT2D eigenvalue weighted by Gasteiger charge is -2.07. The molecule has 0 N–H and O–H groups in total. The summed E-state index contributed by atoms with van der Waals surface area (Å²) in [7, 11) is 3.65. The number of allylic oxidation sites excluding steroid dienone is 1. The molecule has 0 spiro atoms. The lowest BCUT2D eigenvalue weighted by atomic mass is 10.1. The standard InChI is InChI=1S/C10H11Cl2N3O/c1-6(5-15(2)3)9(16)8-10(12)14-7(11)4-13-8/h4-5H,1-3H3. The number of Topliss-reactive ketones (excluding diaryl/α,β-unsaturated/α-hetero) is 1. The van der Waals surface area contributed by atoms with E-state index >= 15 is 0 Å². The van der Waals surface area contributed by atoms with Gasteiger partial charge in [0.05, 0.1) is 6.20 Å². The zero-order chi connectivity index (χ0) is 12.3. The van der Waals surface area contributed by atoms with Crippen LogP contribution < -0.4 is 0 Å². The minimum atomic E-state index is -0.261. The van der Waals surface area contributed by atoms with E-state index in [0.29, 0.717) is 5.57 Å². The molecule has 0 fully saturated rings. The second kappa shape index (κ2) is 5.27. The smallest absolute Gasteiger partial charge is 0.211 e. The number of aromatic nitrogens is 2. The van der Waals surface area contributed by atoms with Crippen molar-refractivity contribution in [3.05, 3.63) is 34.0 Å². The Hall–Kier alpha value is -1.13. The van der Waals surface area contributed by atoms with Crippen LogP contribution in [0.25, 0.3) is 0 Å². The van der Waals surface area contributed by atoms with Crippen LogP contribution in [0.1, 0.15) is 17.4 Å². The first-order valence-corrected chi connectivity index (χ1v) is 5.25. The highest BCUT2D eigenvalue weighted by Crippen LogP contribution is 2.16. The molecule has 0 unspecified atom stereocenters. The van der Waals surface area contributed by atoms with Gasteiger partial charge in [-0.25, -0.2) is 9.97 Å². The van der Waals surface area contributed by atoms with Crippen LogP contribution in [-0.4, -0.2) is 34.7 Å². The molecule has 6 heteroatoms. The molecule has 0 radical (unpaired) electrons. The summed E-state index contributed by atoms with van der Waals surface area (Å²) in [4.78, 5) is 21.3. The van der Waals surface area contributed by atoms with E-state index in [1.165, 1.54) is 6.20 Å². The zero-order valence-electron chi connectivity index (χ0n) is 9.16. The number of halogens is 2. The second-order valence-electron chi connectivity index (χ2n) is 3.44. The number of carbonyl (C=O) groups is 1. The first-order chi connectivity index (χ1) is 7.41. The summed E-state index contributed by atoms with van der Waals surface area (Å²) in [5.41, 5.74) is 0.644. The Bertz CT molecular complexity index is 444. The van der Waals surface area contributed by atoms with Gasteiger partial charge in [0.2, 0.25) is 5.78 Å². The normalized spacial score (nSPS) is 11.4. The number of ketones is 1. The fourth-order valence-electron chi connectivity index (χ4n) is 1.13. The highest BCUT2D eigenvalue weighted by atomic mass is 35.5. The van der Waals surface area contributed by atoms with Crippen molar-refractivity contribution in [3.8, 4) is 0 Å². The Balaban J connectivity index is 3.06. The molecule has 0 aliphatic carbocycles. The van der Waals surface area contributed by atoms with Crippen molar-refractivity contribution in [2.75, 3.05) is 14.1 Å². The van der Waals surface area contributed by atoms with Crippen molar-refractivity contribution in [2.45, 2.75) is 6.92 Å². The predicted octanol–water partition coefficient (Wildman–Crippen LogP) is 2.43. The van der Waals surface area contributed by atoms with Gasteiger partial charge in [-0.2, -0.15) is 0 Å². The number of carbonyl (C=O) groups excluding carboxylic acids is 1. The monoisotopic (exact) mass is 259 g/mol. The van der Waals surface area contributed by atoms with Crippen LogP contribution in [0.3, 0.4) is 0 Å². The van der Waals surface area contributed by atoms with Crippen LogP contribution in [0.4, 0.5) is 0 Å². The third-order valence-corrected chi connectivity index (χ3v) is 2.17. The number of nitrogens with zero attached hydrogens (tertiary/aromatic N) is 3. The molecule has 0 amide bonds. The Morgan fingerprint density at radius 3 is 2.56 bits per heavy atom. The summed E-state index contributed by atoms with van der Waals surface area (Å²) in [6.07, 6.45) is 2.98. The van der Waals surface area contributed by atoms with Gasteiger partial charge in [-0.3, -0.25) is 4.79 Å². The Labute approximate surface area is 104 Å². The van der Waals surface area contributed by atoms with Crippen LogP contribution >= 0.6 is 23.2 Å². The largest absolute Gasteiger partial charge is 0.383 e. The summed E-state index contributed by atoms with van der Waals surface area (Å²) in [5, 5.41) is 0.180. The Morgan fingerprint density at radius 2 is 2.06 bits per heavy atom. The van der Waals surface area contributed by atoms with Crippen LogP contribution in [0.15, 0.2) is 18.0 Å². The predicted molar refractivity (Wildman–Crippen MR) is 63.8 cm³/mol. The number of hydrogen-bond acceptors (Lipinski definition) is 4. The van der Waals surface area contributed by atoms with Gasteiger partial charge in [0.1, 0.15) is 10.8 Å². The molecule has 0 atom stereocenters. The number of hydrogen-bond donors (Lipinski definition) is 0. The van der Waals surface area contributed by atoms with Crippen LogP contribution in [0.5, 0.6) is 0 Å². The molecule has 16 heavy (non-hydrogen) atoms. The lowest BCUT2D eigenvalue weighted by molar-refractivity contribution is 0.102. The third kappa shape index (κ3) is 3.18. The van der Waals surface area contributed by atoms with Crippen molar-refractivity contribution < 1.29 is 4.79 Å². The fourth-order valence-corrected chi connectivity index (χ4v) is 1.53. The van der Waals surface area contributed by atoms with Gasteiger partial charge in [-0.1, -0.05) is 23.2 Å². The van der Waals surface area contributed by atoms with Crippen LogP contribution in [-0.2, 0) is 0 Å². The third-order valence-electron chi connectivity index (χ3n) is 1.73. The lowest BCUT2D eigenvalue weighted by Crippen LogP contribution is -2.10. The first kappa shape index (κ1) is 12.9. The molecule has 1 rings (SSSR count). The molecule has 1 heterocycles. The molecule has 0 aliphatic heterocycles. The van der Waals surface area contributed by atoms with Crippen molar-refractivity contribution in [2.24, 2.45) is 0 Å². The maximum Gasteiger partial charge on any atom is 0.211 e. The van der Waals surface area contributed by atoms with Crippen molar-refractivity contribution in [1.82, 2.24) is 14.9 Å². The van der Waals surface area contributed by atoms with Gasteiger partial charge < -0.3 is 4.90 Å². The fraction of sp³-hybridized carbons (Fsp3) is 0.300. The molecule has 0 saturated heterocycles. The van der Waals surface area contributed by atoms with Gasteiger partial charge >= 0.3 is 0 Å². The van der Waals surface area contributed by atoms with Crippen LogP contribution in [0.2, 0.25) is 10.3 Å². The van der Waals surface area contributed by atoms with Crippen molar-refractivity contribution in [3.63, 3.8) is 0 Å². The molecule has 86 valence electrons. The van der Waals surface area contributed by atoms with Gasteiger partial charge in [-0.05, 0) is 6.92 Å². The molecule has 0 aliphatic rings. The van der Waals surface area contributed by atoms with Crippen molar-refractivity contribution >= 4 is 29.0 Å². The summed E-state index contributed by atoms with van der Waals surface area (Å²) in [6.45, 7) is 1.69. The van der Waals surface area contributed by atoms with E-state index in [4.69, 9.17) is 23.2 Å². The summed E-state index contributed by atoms with van der Waals surface area (Å²) >= 11 is 11.4. The minimum absolute atomic E-state index is 0.0176. The molecular formula is C10H11Cl2N3O. The molecule has 0 bridgehead atoms. The topological polar surface area (TPSA) is 46.1 Å². The van der Waals surface area contributed by atoms with E-state index < -0.39 is 0 Å². The molecule has 0 saturated carbocycles. The van der Waals surface area contributed by atoms with Crippen LogP contribution in [0, 0.1) is 0 Å². The average Bonchev–Trinajstić information content (AvgIpc) is 2.15. The minimum Gasteiger partial charge on any atom is -0.383 e. The highest BCUT2D eigenvalue weighted by Gasteiger charge is 2.15. The highest BCUT2D eigenvalue weighted by molar-refractivity contribution is 6.35. The van der Waals surface area contributed by atoms with E-state index in [-0.39, 0.29) is 21.8 Å². The Morgan fingerprint density at radius 1 is 1.44 bits per heavy atom. The van der Waals surface area contributed by atoms with Gasteiger partial charge in [0.15, 0.2) is 5.15 Å². The van der Waals surface area contributed by atoms with E-state index in [1.54, 1.807) is 18.0 Å².